The number of amides is 1. The number of aryl methyl sites for hydroxylation is 1. The van der Waals surface area contributed by atoms with E-state index < -0.39 is 0 Å². The molecule has 1 fully saturated rings. The van der Waals surface area contributed by atoms with Gasteiger partial charge in [0.2, 0.25) is 11.8 Å². The monoisotopic (exact) mass is 317 g/mol. The number of likely N-dealkylation sites (tertiary alicyclic amines) is 1. The minimum Gasteiger partial charge on any atom is -0.471 e. The van der Waals surface area contributed by atoms with E-state index in [1.54, 1.807) is 11.3 Å². The third kappa shape index (κ3) is 3.82. The van der Waals surface area contributed by atoms with E-state index in [1.807, 2.05) is 41.5 Å². The van der Waals surface area contributed by atoms with Crippen LogP contribution in [0.5, 0.6) is 5.88 Å². The molecule has 0 N–H and O–H groups in total. The smallest absolute Gasteiger partial charge is 0.233 e. The molecule has 1 atom stereocenters. The number of ether oxygens (including phenoxy) is 1. The van der Waals surface area contributed by atoms with E-state index in [1.165, 1.54) is 0 Å². The molecule has 0 bridgehead atoms. The Morgan fingerprint density at radius 3 is 3.05 bits per heavy atom. The highest BCUT2D eigenvalue weighted by molar-refractivity contribution is 7.10. The van der Waals surface area contributed by atoms with Gasteiger partial charge in [0, 0.05) is 17.5 Å². The molecule has 3 rings (SSSR count). The molecule has 1 aliphatic rings. The largest absolute Gasteiger partial charge is 0.471 e. The molecule has 2 aromatic heterocycles. The van der Waals surface area contributed by atoms with E-state index in [-0.39, 0.29) is 12.0 Å². The number of hydrogen-bond acceptors (Lipinski definition) is 5. The van der Waals surface area contributed by atoms with Crippen LogP contribution in [0.25, 0.3) is 0 Å². The molecule has 0 aliphatic carbocycles. The molecule has 0 radical (unpaired) electrons. The summed E-state index contributed by atoms with van der Waals surface area (Å²) in [5.74, 6) is 0.703. The number of piperidine rings is 1. The van der Waals surface area contributed by atoms with E-state index in [2.05, 4.69) is 10.2 Å². The van der Waals surface area contributed by atoms with Gasteiger partial charge in [-0.05, 0) is 37.3 Å². The zero-order valence-corrected chi connectivity index (χ0v) is 13.4. The molecule has 1 amide bonds. The summed E-state index contributed by atoms with van der Waals surface area (Å²) in [4.78, 5) is 15.4. The first-order valence-corrected chi connectivity index (χ1v) is 8.36. The summed E-state index contributed by atoms with van der Waals surface area (Å²) >= 11 is 1.62. The average Bonchev–Trinajstić information content (AvgIpc) is 3.03. The lowest BCUT2D eigenvalue weighted by molar-refractivity contribution is -0.133. The van der Waals surface area contributed by atoms with Gasteiger partial charge in [-0.25, -0.2) is 0 Å². The van der Waals surface area contributed by atoms with Crippen molar-refractivity contribution in [2.75, 3.05) is 13.1 Å². The molecule has 6 heteroatoms. The fraction of sp³-hybridized carbons (Fsp3) is 0.438. The SMILES string of the molecule is Cc1ccc(O[C@H]2CCCN(C(=O)Cc3cccs3)C2)nn1. The van der Waals surface area contributed by atoms with Crippen molar-refractivity contribution in [3.63, 3.8) is 0 Å². The summed E-state index contributed by atoms with van der Waals surface area (Å²) in [5, 5.41) is 10.0. The van der Waals surface area contributed by atoms with Gasteiger partial charge in [0.05, 0.1) is 18.7 Å². The zero-order valence-electron chi connectivity index (χ0n) is 12.6. The predicted molar refractivity (Wildman–Crippen MR) is 85.0 cm³/mol. The molecule has 1 aliphatic heterocycles. The number of nitrogens with zero attached hydrogens (tertiary/aromatic N) is 3. The van der Waals surface area contributed by atoms with Gasteiger partial charge in [-0.3, -0.25) is 4.79 Å². The third-order valence-electron chi connectivity index (χ3n) is 3.70. The molecule has 1 saturated heterocycles. The average molecular weight is 317 g/mol. The number of rotatable bonds is 4. The zero-order chi connectivity index (χ0) is 15.4. The van der Waals surface area contributed by atoms with Crippen molar-refractivity contribution in [2.45, 2.75) is 32.3 Å². The van der Waals surface area contributed by atoms with Crippen LogP contribution in [0, 0.1) is 6.92 Å². The highest BCUT2D eigenvalue weighted by Crippen LogP contribution is 2.18. The van der Waals surface area contributed by atoms with Gasteiger partial charge < -0.3 is 9.64 Å². The lowest BCUT2D eigenvalue weighted by Crippen LogP contribution is -2.45. The Bertz CT molecular complexity index is 613. The van der Waals surface area contributed by atoms with Crippen molar-refractivity contribution in [2.24, 2.45) is 0 Å². The summed E-state index contributed by atoms with van der Waals surface area (Å²) in [7, 11) is 0. The highest BCUT2D eigenvalue weighted by Gasteiger charge is 2.25. The number of hydrogen-bond donors (Lipinski definition) is 0. The minimum atomic E-state index is -0.00181. The minimum absolute atomic E-state index is 0.00181. The molecule has 116 valence electrons. The van der Waals surface area contributed by atoms with Gasteiger partial charge in [-0.1, -0.05) is 6.07 Å². The number of carbonyl (C=O) groups is 1. The van der Waals surface area contributed by atoms with E-state index in [0.29, 0.717) is 18.8 Å². The number of thiophene rings is 1. The normalized spacial score (nSPS) is 18.2. The van der Waals surface area contributed by atoms with Crippen molar-refractivity contribution in [1.29, 1.82) is 0 Å². The second kappa shape index (κ2) is 6.87. The molecule has 0 spiro atoms. The van der Waals surface area contributed by atoms with Crippen LogP contribution in [-0.4, -0.2) is 40.2 Å². The van der Waals surface area contributed by atoms with Gasteiger partial charge >= 0.3 is 0 Å². The molecular weight excluding hydrogens is 298 g/mol. The van der Waals surface area contributed by atoms with Crippen LogP contribution < -0.4 is 4.74 Å². The maximum atomic E-state index is 12.4. The van der Waals surface area contributed by atoms with Gasteiger partial charge in [0.1, 0.15) is 6.10 Å². The Kier molecular flexibility index (Phi) is 4.68. The quantitative estimate of drug-likeness (QED) is 0.869. The van der Waals surface area contributed by atoms with Gasteiger partial charge in [-0.15, -0.1) is 16.4 Å². The van der Waals surface area contributed by atoms with Crippen LogP contribution in [0.4, 0.5) is 0 Å². The topological polar surface area (TPSA) is 55.3 Å². The standard InChI is InChI=1S/C16H19N3O2S/c1-12-6-7-15(18-17-12)21-13-4-2-8-19(11-13)16(20)10-14-5-3-9-22-14/h3,5-7,9,13H,2,4,8,10-11H2,1H3/t13-/m0/s1. The number of carbonyl (C=O) groups excluding carboxylic acids is 1. The van der Waals surface area contributed by atoms with Crippen molar-refractivity contribution in [1.82, 2.24) is 15.1 Å². The molecule has 0 unspecified atom stereocenters. The van der Waals surface area contributed by atoms with E-state index in [9.17, 15) is 4.79 Å². The van der Waals surface area contributed by atoms with Crippen LogP contribution in [-0.2, 0) is 11.2 Å². The molecule has 0 aromatic carbocycles. The highest BCUT2D eigenvalue weighted by atomic mass is 32.1. The summed E-state index contributed by atoms with van der Waals surface area (Å²) in [6, 6.07) is 7.69. The van der Waals surface area contributed by atoms with Crippen molar-refractivity contribution >= 4 is 17.2 Å². The Morgan fingerprint density at radius 1 is 1.41 bits per heavy atom. The summed E-state index contributed by atoms with van der Waals surface area (Å²) in [6.07, 6.45) is 2.38. The number of aromatic nitrogens is 2. The Balaban J connectivity index is 1.56. The summed E-state index contributed by atoms with van der Waals surface area (Å²) in [5.41, 5.74) is 0.865. The van der Waals surface area contributed by atoms with E-state index in [4.69, 9.17) is 4.74 Å². The summed E-state index contributed by atoms with van der Waals surface area (Å²) < 4.78 is 5.86. The van der Waals surface area contributed by atoms with Crippen LogP contribution in [0.15, 0.2) is 29.6 Å². The first-order chi connectivity index (χ1) is 10.7. The molecule has 3 heterocycles. The van der Waals surface area contributed by atoms with Gasteiger partial charge in [0.25, 0.3) is 0 Å². The second-order valence-electron chi connectivity index (χ2n) is 5.49. The molecular formula is C16H19N3O2S. The van der Waals surface area contributed by atoms with Crippen LogP contribution >= 0.6 is 11.3 Å². The van der Waals surface area contributed by atoms with Gasteiger partial charge in [0.15, 0.2) is 0 Å². The lowest BCUT2D eigenvalue weighted by atomic mass is 10.1. The van der Waals surface area contributed by atoms with E-state index in [0.717, 1.165) is 30.0 Å². The third-order valence-corrected chi connectivity index (χ3v) is 4.57. The van der Waals surface area contributed by atoms with Crippen molar-refractivity contribution in [3.05, 3.63) is 40.2 Å². The van der Waals surface area contributed by atoms with Crippen molar-refractivity contribution in [3.8, 4) is 5.88 Å². The molecule has 5 nitrogen and oxygen atoms in total. The van der Waals surface area contributed by atoms with Crippen molar-refractivity contribution < 1.29 is 9.53 Å². The Morgan fingerprint density at radius 2 is 2.32 bits per heavy atom. The maximum absolute atomic E-state index is 12.4. The maximum Gasteiger partial charge on any atom is 0.233 e. The van der Waals surface area contributed by atoms with Gasteiger partial charge in [-0.2, -0.15) is 5.10 Å². The molecule has 2 aromatic rings. The van der Waals surface area contributed by atoms with Crippen LogP contribution in [0.2, 0.25) is 0 Å². The molecule has 22 heavy (non-hydrogen) atoms. The van der Waals surface area contributed by atoms with Crippen LogP contribution in [0.1, 0.15) is 23.4 Å². The Hall–Kier alpha value is -1.95. The predicted octanol–water partition coefficient (Wildman–Crippen LogP) is 2.46. The van der Waals surface area contributed by atoms with E-state index >= 15 is 0 Å². The fourth-order valence-corrected chi connectivity index (χ4v) is 3.25. The fourth-order valence-electron chi connectivity index (χ4n) is 2.56. The lowest BCUT2D eigenvalue weighted by Gasteiger charge is -2.32. The summed E-state index contributed by atoms with van der Waals surface area (Å²) in [6.45, 7) is 3.33. The first kappa shape index (κ1) is 15.0. The Labute approximate surface area is 133 Å². The molecule has 0 saturated carbocycles. The first-order valence-electron chi connectivity index (χ1n) is 7.48. The van der Waals surface area contributed by atoms with Crippen LogP contribution in [0.3, 0.4) is 0 Å². The second-order valence-corrected chi connectivity index (χ2v) is 6.52.